The Morgan fingerprint density at radius 2 is 1.94 bits per heavy atom. The Morgan fingerprint density at radius 3 is 2.59 bits per heavy atom. The molecule has 0 spiro atoms. The van der Waals surface area contributed by atoms with Gasteiger partial charge in [-0.05, 0) is 18.6 Å². The first-order valence-electron chi connectivity index (χ1n) is 5.43. The highest BCUT2D eigenvalue weighted by Gasteiger charge is 1.99. The quantitative estimate of drug-likeness (QED) is 0.626. The summed E-state index contributed by atoms with van der Waals surface area (Å²) in [6.07, 6.45) is 3.04. The van der Waals surface area contributed by atoms with Crippen molar-refractivity contribution in [1.29, 1.82) is 0 Å². The van der Waals surface area contributed by atoms with E-state index in [1.54, 1.807) is 12.1 Å². The first-order chi connectivity index (χ1) is 8.22. The van der Waals surface area contributed by atoms with Gasteiger partial charge in [0, 0.05) is 17.8 Å². The number of benzene rings is 1. The summed E-state index contributed by atoms with van der Waals surface area (Å²) >= 11 is 0. The molecule has 0 aromatic heterocycles. The van der Waals surface area contributed by atoms with Crippen LogP contribution in [0.1, 0.15) is 13.3 Å². The number of carbonyl (C=O) groups excluding carboxylic acids is 2. The van der Waals surface area contributed by atoms with Crippen LogP contribution < -0.4 is 5.32 Å². The highest BCUT2D eigenvalue weighted by molar-refractivity contribution is 6.02. The van der Waals surface area contributed by atoms with Crippen LogP contribution in [-0.2, 0) is 14.3 Å². The van der Waals surface area contributed by atoms with E-state index in [1.807, 2.05) is 25.1 Å². The zero-order valence-corrected chi connectivity index (χ0v) is 9.68. The fourth-order valence-corrected chi connectivity index (χ4v) is 1.10. The van der Waals surface area contributed by atoms with Crippen molar-refractivity contribution in [1.82, 2.24) is 0 Å². The van der Waals surface area contributed by atoms with E-state index < -0.39 is 5.97 Å². The Balaban J connectivity index is 2.39. The minimum atomic E-state index is -0.505. The van der Waals surface area contributed by atoms with Crippen LogP contribution in [0.2, 0.25) is 0 Å². The van der Waals surface area contributed by atoms with Gasteiger partial charge in [-0.2, -0.15) is 0 Å². The normalized spacial score (nSPS) is 10.2. The number of para-hydroxylation sites is 1. The summed E-state index contributed by atoms with van der Waals surface area (Å²) in [6.45, 7) is 2.27. The molecular formula is C13H15NO3. The summed E-state index contributed by atoms with van der Waals surface area (Å²) in [7, 11) is 0. The van der Waals surface area contributed by atoms with Crippen molar-refractivity contribution in [2.45, 2.75) is 13.3 Å². The molecule has 0 bridgehead atoms. The van der Waals surface area contributed by atoms with Gasteiger partial charge >= 0.3 is 5.97 Å². The van der Waals surface area contributed by atoms with Gasteiger partial charge in [0.05, 0.1) is 6.61 Å². The maximum absolute atomic E-state index is 11.4. The largest absolute Gasteiger partial charge is 0.463 e. The highest BCUT2D eigenvalue weighted by Crippen LogP contribution is 2.04. The molecule has 0 heterocycles. The third-order valence-electron chi connectivity index (χ3n) is 1.86. The first-order valence-corrected chi connectivity index (χ1v) is 5.43. The number of rotatable bonds is 5. The lowest BCUT2D eigenvalue weighted by atomic mass is 10.3. The number of amides is 1. The highest BCUT2D eigenvalue weighted by atomic mass is 16.5. The fourth-order valence-electron chi connectivity index (χ4n) is 1.10. The van der Waals surface area contributed by atoms with E-state index in [1.165, 1.54) is 0 Å². The third-order valence-corrected chi connectivity index (χ3v) is 1.86. The summed E-state index contributed by atoms with van der Waals surface area (Å²) in [6, 6.07) is 9.01. The molecule has 0 saturated heterocycles. The van der Waals surface area contributed by atoms with Gasteiger partial charge in [0.15, 0.2) is 0 Å². The Kier molecular flexibility index (Phi) is 5.51. The molecule has 1 N–H and O–H groups in total. The molecule has 0 fully saturated rings. The summed E-state index contributed by atoms with van der Waals surface area (Å²) in [5.74, 6) is -0.861. The number of ether oxygens (including phenoxy) is 1. The average molecular weight is 233 g/mol. The first kappa shape index (κ1) is 13.0. The molecule has 0 radical (unpaired) electrons. The Hall–Kier alpha value is -2.10. The number of carbonyl (C=O) groups is 2. The van der Waals surface area contributed by atoms with Crippen LogP contribution in [0.4, 0.5) is 5.69 Å². The lowest BCUT2D eigenvalue weighted by Crippen LogP contribution is -2.09. The maximum Gasteiger partial charge on any atom is 0.330 e. The van der Waals surface area contributed by atoms with Crippen molar-refractivity contribution in [3.63, 3.8) is 0 Å². The predicted octanol–water partition coefficient (Wildman–Crippen LogP) is 2.13. The van der Waals surface area contributed by atoms with Gasteiger partial charge in [0.25, 0.3) is 0 Å². The number of anilines is 1. The van der Waals surface area contributed by atoms with Crippen molar-refractivity contribution in [2.75, 3.05) is 11.9 Å². The maximum atomic E-state index is 11.4. The van der Waals surface area contributed by atoms with Gasteiger partial charge in [0.2, 0.25) is 5.91 Å². The zero-order chi connectivity index (χ0) is 12.5. The molecule has 0 aliphatic heterocycles. The van der Waals surface area contributed by atoms with E-state index in [0.29, 0.717) is 12.3 Å². The van der Waals surface area contributed by atoms with Crippen LogP contribution in [-0.4, -0.2) is 18.5 Å². The second-order valence-corrected chi connectivity index (χ2v) is 3.36. The molecular weight excluding hydrogens is 218 g/mol. The van der Waals surface area contributed by atoms with Crippen LogP contribution in [0.5, 0.6) is 0 Å². The van der Waals surface area contributed by atoms with Crippen molar-refractivity contribution < 1.29 is 14.3 Å². The van der Waals surface area contributed by atoms with Gasteiger partial charge < -0.3 is 10.1 Å². The van der Waals surface area contributed by atoms with E-state index in [4.69, 9.17) is 4.74 Å². The molecule has 90 valence electrons. The molecule has 0 saturated carbocycles. The Bertz CT molecular complexity index is 398. The second kappa shape index (κ2) is 7.22. The smallest absolute Gasteiger partial charge is 0.330 e. The van der Waals surface area contributed by atoms with Gasteiger partial charge in [-0.25, -0.2) is 4.79 Å². The van der Waals surface area contributed by atoms with E-state index in [2.05, 4.69) is 5.32 Å². The molecule has 0 aliphatic carbocycles. The summed E-state index contributed by atoms with van der Waals surface area (Å²) in [4.78, 5) is 22.5. The number of esters is 1. The summed E-state index contributed by atoms with van der Waals surface area (Å²) in [5, 5.41) is 2.62. The second-order valence-electron chi connectivity index (χ2n) is 3.36. The van der Waals surface area contributed by atoms with Gasteiger partial charge in [-0.15, -0.1) is 0 Å². The summed E-state index contributed by atoms with van der Waals surface area (Å²) < 4.78 is 4.79. The molecule has 4 nitrogen and oxygen atoms in total. The van der Waals surface area contributed by atoms with Crippen molar-refractivity contribution >= 4 is 17.6 Å². The molecule has 17 heavy (non-hydrogen) atoms. The van der Waals surface area contributed by atoms with E-state index >= 15 is 0 Å². The number of hydrogen-bond donors (Lipinski definition) is 1. The lowest BCUT2D eigenvalue weighted by Gasteiger charge is -2.00. The molecule has 0 unspecified atom stereocenters. The van der Waals surface area contributed by atoms with Crippen molar-refractivity contribution in [3.8, 4) is 0 Å². The van der Waals surface area contributed by atoms with E-state index in [9.17, 15) is 9.59 Å². The van der Waals surface area contributed by atoms with E-state index in [0.717, 1.165) is 18.6 Å². The standard InChI is InChI=1S/C13H15NO3/c1-2-10-17-13(16)9-8-12(15)14-11-6-4-3-5-7-11/h3-9H,2,10H2,1H3,(H,14,15)/b9-8-. The van der Waals surface area contributed by atoms with Crippen LogP contribution in [0.15, 0.2) is 42.5 Å². The van der Waals surface area contributed by atoms with Crippen LogP contribution in [0.3, 0.4) is 0 Å². The SMILES string of the molecule is CCCOC(=O)/C=C\C(=O)Nc1ccccc1. The van der Waals surface area contributed by atoms with Gasteiger partial charge in [-0.3, -0.25) is 4.79 Å². The molecule has 1 rings (SSSR count). The van der Waals surface area contributed by atoms with Crippen LogP contribution in [0, 0.1) is 0 Å². The fraction of sp³-hybridized carbons (Fsp3) is 0.231. The predicted molar refractivity (Wildman–Crippen MR) is 65.5 cm³/mol. The molecule has 0 aliphatic rings. The minimum absolute atomic E-state index is 0.357. The molecule has 1 amide bonds. The summed E-state index contributed by atoms with van der Waals surface area (Å²) in [5.41, 5.74) is 0.684. The van der Waals surface area contributed by atoms with Crippen molar-refractivity contribution in [3.05, 3.63) is 42.5 Å². The van der Waals surface area contributed by atoms with Crippen LogP contribution in [0.25, 0.3) is 0 Å². The lowest BCUT2D eigenvalue weighted by molar-refractivity contribution is -0.137. The van der Waals surface area contributed by atoms with E-state index in [-0.39, 0.29) is 5.91 Å². The van der Waals surface area contributed by atoms with Gasteiger partial charge in [0.1, 0.15) is 0 Å². The van der Waals surface area contributed by atoms with Gasteiger partial charge in [-0.1, -0.05) is 25.1 Å². The molecule has 1 aromatic rings. The number of hydrogen-bond acceptors (Lipinski definition) is 3. The Morgan fingerprint density at radius 1 is 1.24 bits per heavy atom. The molecule has 1 aromatic carbocycles. The average Bonchev–Trinajstić information content (AvgIpc) is 2.35. The third kappa shape index (κ3) is 5.51. The Labute approximate surface area is 100 Å². The monoisotopic (exact) mass is 233 g/mol. The van der Waals surface area contributed by atoms with Crippen LogP contribution >= 0.6 is 0 Å². The zero-order valence-electron chi connectivity index (χ0n) is 9.68. The van der Waals surface area contributed by atoms with Crippen molar-refractivity contribution in [2.24, 2.45) is 0 Å². The molecule has 4 heteroatoms. The minimum Gasteiger partial charge on any atom is -0.463 e. The topological polar surface area (TPSA) is 55.4 Å². The molecule has 0 atom stereocenters. The number of nitrogens with one attached hydrogen (secondary N) is 1.